The van der Waals surface area contributed by atoms with Gasteiger partial charge in [0.25, 0.3) is 10.2 Å². The molecule has 1 heterocycles. The SMILES string of the molecule is CNCCN(C)S(=O)(=O)N1CCCCCC1.Cl. The van der Waals surface area contributed by atoms with Gasteiger partial charge in [0, 0.05) is 33.2 Å². The molecule has 0 aromatic heterocycles. The molecule has 1 fully saturated rings. The Morgan fingerprint density at radius 3 is 2.18 bits per heavy atom. The Bertz CT molecular complexity index is 290. The molecule has 0 aliphatic carbocycles. The van der Waals surface area contributed by atoms with Crippen molar-refractivity contribution in [3.8, 4) is 0 Å². The summed E-state index contributed by atoms with van der Waals surface area (Å²) in [6, 6.07) is 0. The van der Waals surface area contributed by atoms with Crippen LogP contribution in [0.3, 0.4) is 0 Å². The highest BCUT2D eigenvalue weighted by molar-refractivity contribution is 7.86. The summed E-state index contributed by atoms with van der Waals surface area (Å²) < 4.78 is 27.4. The zero-order chi connectivity index (χ0) is 12.0. The van der Waals surface area contributed by atoms with Gasteiger partial charge in [-0.15, -0.1) is 12.4 Å². The van der Waals surface area contributed by atoms with Crippen LogP contribution in [-0.4, -0.2) is 57.3 Å². The molecule has 0 bridgehead atoms. The predicted octanol–water partition coefficient (Wildman–Crippen LogP) is 0.680. The Kier molecular flexibility index (Phi) is 8.32. The van der Waals surface area contributed by atoms with Crippen LogP contribution in [0.15, 0.2) is 0 Å². The average Bonchev–Trinajstić information content (AvgIpc) is 2.54. The number of nitrogens with zero attached hydrogens (tertiary/aromatic N) is 2. The molecule has 104 valence electrons. The molecule has 1 N–H and O–H groups in total. The Morgan fingerprint density at radius 2 is 1.71 bits per heavy atom. The molecule has 0 radical (unpaired) electrons. The van der Waals surface area contributed by atoms with E-state index in [-0.39, 0.29) is 12.4 Å². The summed E-state index contributed by atoms with van der Waals surface area (Å²) in [5.41, 5.74) is 0. The van der Waals surface area contributed by atoms with Gasteiger partial charge in [0.1, 0.15) is 0 Å². The van der Waals surface area contributed by atoms with E-state index in [2.05, 4.69) is 5.32 Å². The molecule has 0 saturated carbocycles. The van der Waals surface area contributed by atoms with Crippen molar-refractivity contribution in [1.29, 1.82) is 0 Å². The summed E-state index contributed by atoms with van der Waals surface area (Å²) in [4.78, 5) is 0. The molecule has 0 aromatic carbocycles. The lowest BCUT2D eigenvalue weighted by Crippen LogP contribution is -2.44. The van der Waals surface area contributed by atoms with Gasteiger partial charge in [-0.2, -0.15) is 17.0 Å². The van der Waals surface area contributed by atoms with Crippen molar-refractivity contribution in [3.63, 3.8) is 0 Å². The molecule has 0 spiro atoms. The van der Waals surface area contributed by atoms with Gasteiger partial charge in [-0.25, -0.2) is 0 Å². The summed E-state index contributed by atoms with van der Waals surface area (Å²) in [7, 11) is 0.245. The van der Waals surface area contributed by atoms with Crippen molar-refractivity contribution >= 4 is 22.6 Å². The van der Waals surface area contributed by atoms with Crippen LogP contribution in [0.2, 0.25) is 0 Å². The second kappa shape index (κ2) is 8.26. The lowest BCUT2D eigenvalue weighted by atomic mass is 10.2. The third-order valence-corrected chi connectivity index (χ3v) is 4.95. The fraction of sp³-hybridized carbons (Fsp3) is 1.00. The number of nitrogens with one attached hydrogen (secondary N) is 1. The van der Waals surface area contributed by atoms with Gasteiger partial charge in [0.2, 0.25) is 0 Å². The molecule has 1 aliphatic heterocycles. The van der Waals surface area contributed by atoms with Gasteiger partial charge >= 0.3 is 0 Å². The second-order valence-electron chi connectivity index (χ2n) is 4.25. The summed E-state index contributed by atoms with van der Waals surface area (Å²) in [5.74, 6) is 0. The van der Waals surface area contributed by atoms with Crippen LogP contribution in [0, 0.1) is 0 Å². The molecular formula is C10H24ClN3O2S. The maximum atomic E-state index is 12.2. The summed E-state index contributed by atoms with van der Waals surface area (Å²) in [6.07, 6.45) is 4.26. The molecule has 1 aliphatic rings. The van der Waals surface area contributed by atoms with E-state index >= 15 is 0 Å². The van der Waals surface area contributed by atoms with Crippen molar-refractivity contribution in [2.24, 2.45) is 0 Å². The molecule has 0 atom stereocenters. The van der Waals surface area contributed by atoms with Crippen LogP contribution in [0.5, 0.6) is 0 Å². The minimum Gasteiger partial charge on any atom is -0.318 e. The standard InChI is InChI=1S/C10H23N3O2S.ClH/c1-11-7-10-12(2)16(14,15)13-8-5-3-4-6-9-13;/h11H,3-10H2,1-2H3;1H. The normalized spacial score (nSPS) is 18.8. The molecule has 7 heteroatoms. The molecule has 0 amide bonds. The summed E-state index contributed by atoms with van der Waals surface area (Å²) in [5, 5.41) is 2.96. The largest absolute Gasteiger partial charge is 0.318 e. The van der Waals surface area contributed by atoms with Crippen LogP contribution in [0.4, 0.5) is 0 Å². The maximum absolute atomic E-state index is 12.2. The Hall–Kier alpha value is 0.120. The molecular weight excluding hydrogens is 262 g/mol. The van der Waals surface area contributed by atoms with Gasteiger partial charge in [0.15, 0.2) is 0 Å². The lowest BCUT2D eigenvalue weighted by Gasteiger charge is -2.26. The highest BCUT2D eigenvalue weighted by Gasteiger charge is 2.26. The van der Waals surface area contributed by atoms with E-state index in [9.17, 15) is 8.42 Å². The highest BCUT2D eigenvalue weighted by Crippen LogP contribution is 2.15. The third-order valence-electron chi connectivity index (χ3n) is 2.96. The van der Waals surface area contributed by atoms with Gasteiger partial charge in [-0.1, -0.05) is 12.8 Å². The molecule has 0 unspecified atom stereocenters. The highest BCUT2D eigenvalue weighted by atomic mass is 35.5. The van der Waals surface area contributed by atoms with E-state index in [1.807, 2.05) is 7.05 Å². The molecule has 5 nitrogen and oxygen atoms in total. The third kappa shape index (κ3) is 5.09. The summed E-state index contributed by atoms with van der Waals surface area (Å²) in [6.45, 7) is 2.55. The van der Waals surface area contributed by atoms with Gasteiger partial charge in [-0.05, 0) is 19.9 Å². The first-order valence-electron chi connectivity index (χ1n) is 5.95. The van der Waals surface area contributed by atoms with Gasteiger partial charge in [-0.3, -0.25) is 0 Å². The van der Waals surface area contributed by atoms with Crippen LogP contribution < -0.4 is 5.32 Å². The smallest absolute Gasteiger partial charge is 0.281 e. The number of likely N-dealkylation sites (N-methyl/N-ethyl adjacent to an activating group) is 2. The summed E-state index contributed by atoms with van der Waals surface area (Å²) >= 11 is 0. The zero-order valence-corrected chi connectivity index (χ0v) is 12.3. The Morgan fingerprint density at radius 1 is 1.18 bits per heavy atom. The second-order valence-corrected chi connectivity index (χ2v) is 6.28. The molecule has 17 heavy (non-hydrogen) atoms. The van der Waals surface area contributed by atoms with Crippen molar-refractivity contribution in [1.82, 2.24) is 13.9 Å². The minimum atomic E-state index is -3.23. The van der Waals surface area contributed by atoms with Crippen molar-refractivity contribution < 1.29 is 8.42 Å². The van der Waals surface area contributed by atoms with E-state index < -0.39 is 10.2 Å². The van der Waals surface area contributed by atoms with Crippen molar-refractivity contribution in [3.05, 3.63) is 0 Å². The van der Waals surface area contributed by atoms with E-state index in [1.165, 1.54) is 4.31 Å². The van der Waals surface area contributed by atoms with E-state index in [0.29, 0.717) is 26.2 Å². The number of hydrogen-bond donors (Lipinski definition) is 1. The van der Waals surface area contributed by atoms with Gasteiger partial charge < -0.3 is 5.32 Å². The van der Waals surface area contributed by atoms with Gasteiger partial charge in [0.05, 0.1) is 0 Å². The number of hydrogen-bond acceptors (Lipinski definition) is 3. The van der Waals surface area contributed by atoms with Crippen LogP contribution in [-0.2, 0) is 10.2 Å². The fourth-order valence-corrected chi connectivity index (χ4v) is 3.29. The monoisotopic (exact) mass is 285 g/mol. The molecule has 0 aromatic rings. The first-order valence-corrected chi connectivity index (χ1v) is 7.34. The lowest BCUT2D eigenvalue weighted by molar-refractivity contribution is 0.365. The van der Waals surface area contributed by atoms with Crippen LogP contribution >= 0.6 is 12.4 Å². The topological polar surface area (TPSA) is 52.7 Å². The zero-order valence-electron chi connectivity index (χ0n) is 10.7. The van der Waals surface area contributed by atoms with E-state index in [4.69, 9.17) is 0 Å². The number of halogens is 1. The van der Waals surface area contributed by atoms with E-state index in [0.717, 1.165) is 25.7 Å². The minimum absolute atomic E-state index is 0. The van der Waals surface area contributed by atoms with Crippen LogP contribution in [0.1, 0.15) is 25.7 Å². The Labute approximate surface area is 111 Å². The molecule has 1 rings (SSSR count). The first kappa shape index (κ1) is 17.1. The quantitative estimate of drug-likeness (QED) is 0.808. The van der Waals surface area contributed by atoms with Crippen molar-refractivity contribution in [2.75, 3.05) is 40.3 Å². The fourth-order valence-electron chi connectivity index (χ4n) is 1.85. The van der Waals surface area contributed by atoms with Crippen LogP contribution in [0.25, 0.3) is 0 Å². The van der Waals surface area contributed by atoms with E-state index in [1.54, 1.807) is 11.4 Å². The van der Waals surface area contributed by atoms with Crippen molar-refractivity contribution in [2.45, 2.75) is 25.7 Å². The first-order chi connectivity index (χ1) is 7.59. The maximum Gasteiger partial charge on any atom is 0.281 e. The number of rotatable bonds is 5. The predicted molar refractivity (Wildman–Crippen MR) is 72.8 cm³/mol. The Balaban J connectivity index is 0.00000256. The average molecular weight is 286 g/mol. The molecule has 1 saturated heterocycles.